The Bertz CT molecular complexity index is 323. The van der Waals surface area contributed by atoms with Gasteiger partial charge in [0.15, 0.2) is 0 Å². The third-order valence-electron chi connectivity index (χ3n) is 6.42. The SMILES string of the molecule is BC1CC(B)(B)N(C(C)(CCCCCC)CCCCCC)C1B. The largest absolute Gasteiger partial charge is 0.313 e. The zero-order valence-electron chi connectivity index (χ0n) is 17.4. The van der Waals surface area contributed by atoms with Gasteiger partial charge in [-0.1, -0.05) is 77.5 Å². The Morgan fingerprint density at radius 3 is 1.74 bits per heavy atom. The van der Waals surface area contributed by atoms with E-state index < -0.39 is 0 Å². The monoisotopic (exact) mass is 315 g/mol. The van der Waals surface area contributed by atoms with Crippen LogP contribution >= 0.6 is 0 Å². The molecule has 0 aliphatic carbocycles. The van der Waals surface area contributed by atoms with E-state index in [0.29, 0.717) is 10.9 Å². The van der Waals surface area contributed by atoms with Crippen molar-refractivity contribution in [2.45, 2.75) is 114 Å². The molecule has 2 unspecified atom stereocenters. The summed E-state index contributed by atoms with van der Waals surface area (Å²) in [6, 6.07) is 0. The standard InChI is InChI=1S/C18H41B4N/c1-4-6-8-10-12-17(3,13-11-9-7-5-2)23-16(20)15(19)14-18(23,21)22/h15-16H,4-14,19-22H2,1-3H3. The van der Waals surface area contributed by atoms with Crippen LogP contribution < -0.4 is 0 Å². The van der Waals surface area contributed by atoms with Gasteiger partial charge in [-0.2, -0.15) is 0 Å². The number of likely N-dealkylation sites (tertiary alicyclic amines) is 1. The predicted octanol–water partition coefficient (Wildman–Crippen LogP) is 1.69. The van der Waals surface area contributed by atoms with Crippen molar-refractivity contribution in [1.82, 2.24) is 4.90 Å². The lowest BCUT2D eigenvalue weighted by Gasteiger charge is -2.50. The van der Waals surface area contributed by atoms with Gasteiger partial charge in [0, 0.05) is 5.54 Å². The zero-order chi connectivity index (χ0) is 17.5. The van der Waals surface area contributed by atoms with Gasteiger partial charge in [0.05, 0.1) is 0 Å². The van der Waals surface area contributed by atoms with E-state index in [1.54, 1.807) is 0 Å². The third kappa shape index (κ3) is 5.91. The molecule has 1 heterocycles. The maximum absolute atomic E-state index is 2.93. The number of hydrogen-bond donors (Lipinski definition) is 0. The van der Waals surface area contributed by atoms with Gasteiger partial charge in [-0.15, -0.1) is 0 Å². The molecule has 0 spiro atoms. The number of unbranched alkanes of at least 4 members (excludes halogenated alkanes) is 6. The molecule has 1 fully saturated rings. The van der Waals surface area contributed by atoms with Crippen molar-refractivity contribution in [2.24, 2.45) is 0 Å². The van der Waals surface area contributed by atoms with E-state index in [2.05, 4.69) is 57.1 Å². The number of hydrogen-bond acceptors (Lipinski definition) is 1. The molecule has 0 amide bonds. The van der Waals surface area contributed by atoms with E-state index in [1.807, 2.05) is 0 Å². The Labute approximate surface area is 150 Å². The van der Waals surface area contributed by atoms with Crippen LogP contribution in [-0.2, 0) is 0 Å². The molecule has 0 bridgehead atoms. The third-order valence-corrected chi connectivity index (χ3v) is 6.42. The quantitative estimate of drug-likeness (QED) is 0.414. The molecule has 0 aromatic carbocycles. The van der Waals surface area contributed by atoms with Crippen molar-refractivity contribution in [3.63, 3.8) is 0 Å². The lowest BCUT2D eigenvalue weighted by Crippen LogP contribution is -2.60. The Balaban J connectivity index is 2.79. The van der Waals surface area contributed by atoms with Crippen LogP contribution in [0.5, 0.6) is 0 Å². The van der Waals surface area contributed by atoms with E-state index in [4.69, 9.17) is 0 Å². The molecule has 0 radical (unpaired) electrons. The normalized spacial score (nSPS) is 25.0. The molecule has 1 nitrogen and oxygen atoms in total. The van der Waals surface area contributed by atoms with Crippen LogP contribution in [0.3, 0.4) is 0 Å². The minimum absolute atomic E-state index is 0.364. The average Bonchev–Trinajstić information content (AvgIpc) is 2.68. The first-order chi connectivity index (χ1) is 10.8. The van der Waals surface area contributed by atoms with Gasteiger partial charge in [0.2, 0.25) is 0 Å². The summed E-state index contributed by atoms with van der Waals surface area (Å²) in [6.07, 6.45) is 15.3. The van der Waals surface area contributed by atoms with Crippen molar-refractivity contribution in [3.8, 4) is 0 Å². The van der Waals surface area contributed by atoms with E-state index >= 15 is 0 Å². The fraction of sp³-hybridized carbons (Fsp3) is 1.00. The second-order valence-corrected chi connectivity index (χ2v) is 9.22. The molecule has 0 saturated carbocycles. The van der Waals surface area contributed by atoms with Crippen molar-refractivity contribution in [2.75, 3.05) is 0 Å². The number of rotatable bonds is 11. The number of nitrogens with zero attached hydrogens (tertiary/aromatic N) is 1. The van der Waals surface area contributed by atoms with Crippen molar-refractivity contribution >= 4 is 31.4 Å². The first kappa shape index (κ1) is 21.3. The summed E-state index contributed by atoms with van der Waals surface area (Å²) in [5.74, 6) is 1.56. The minimum atomic E-state index is 0.364. The summed E-state index contributed by atoms with van der Waals surface area (Å²) >= 11 is 0. The fourth-order valence-electron chi connectivity index (χ4n) is 5.32. The molecule has 0 aromatic heterocycles. The molecular weight excluding hydrogens is 273 g/mol. The van der Waals surface area contributed by atoms with Gasteiger partial charge in [-0.3, -0.25) is 0 Å². The van der Waals surface area contributed by atoms with Gasteiger partial charge in [-0.25, -0.2) is 0 Å². The van der Waals surface area contributed by atoms with E-state index in [1.165, 1.54) is 70.6 Å². The van der Waals surface area contributed by atoms with Gasteiger partial charge >= 0.3 is 0 Å². The Hall–Kier alpha value is 0.220. The smallest absolute Gasteiger partial charge is 0.123 e. The fourth-order valence-corrected chi connectivity index (χ4v) is 5.32. The highest BCUT2D eigenvalue weighted by atomic mass is 15.3. The Morgan fingerprint density at radius 1 is 0.913 bits per heavy atom. The van der Waals surface area contributed by atoms with Crippen LogP contribution in [-0.4, -0.2) is 53.1 Å². The molecule has 0 aromatic rings. The molecule has 23 heavy (non-hydrogen) atoms. The minimum Gasteiger partial charge on any atom is -0.313 e. The average molecular weight is 315 g/mol. The van der Waals surface area contributed by atoms with Gasteiger partial charge in [0.1, 0.15) is 31.4 Å². The summed E-state index contributed by atoms with van der Waals surface area (Å²) < 4.78 is 0. The first-order valence-electron chi connectivity index (χ1n) is 10.6. The molecule has 1 aliphatic rings. The molecular formula is C18H41B4N. The molecule has 5 heteroatoms. The van der Waals surface area contributed by atoms with Crippen molar-refractivity contribution < 1.29 is 0 Å². The topological polar surface area (TPSA) is 3.24 Å². The maximum atomic E-state index is 2.93. The lowest BCUT2D eigenvalue weighted by atomic mass is 9.57. The molecule has 1 saturated heterocycles. The summed E-state index contributed by atoms with van der Waals surface area (Å²) in [5, 5.41) is 0.364. The van der Waals surface area contributed by atoms with E-state index in [9.17, 15) is 0 Å². The second-order valence-electron chi connectivity index (χ2n) is 9.22. The van der Waals surface area contributed by atoms with Gasteiger partial charge in [0.25, 0.3) is 0 Å². The first-order valence-corrected chi connectivity index (χ1v) is 10.6. The van der Waals surface area contributed by atoms with Crippen LogP contribution in [0, 0.1) is 0 Å². The van der Waals surface area contributed by atoms with Gasteiger partial charge in [-0.05, 0) is 31.0 Å². The highest BCUT2D eigenvalue weighted by Crippen LogP contribution is 2.44. The molecule has 1 aliphatic heterocycles. The summed E-state index contributed by atoms with van der Waals surface area (Å²) in [4.78, 5) is 2.93. The van der Waals surface area contributed by atoms with E-state index in [0.717, 1.165) is 11.8 Å². The van der Waals surface area contributed by atoms with Gasteiger partial charge < -0.3 is 4.90 Å². The van der Waals surface area contributed by atoms with Crippen LogP contribution in [0.2, 0.25) is 5.82 Å². The van der Waals surface area contributed by atoms with E-state index in [-0.39, 0.29) is 0 Å². The van der Waals surface area contributed by atoms with Crippen LogP contribution in [0.4, 0.5) is 0 Å². The summed E-state index contributed by atoms with van der Waals surface area (Å²) in [6.45, 7) is 7.22. The molecule has 2 atom stereocenters. The highest BCUT2D eigenvalue weighted by Gasteiger charge is 2.48. The maximum Gasteiger partial charge on any atom is 0.123 e. The zero-order valence-corrected chi connectivity index (χ0v) is 17.4. The van der Waals surface area contributed by atoms with Crippen molar-refractivity contribution in [3.05, 3.63) is 0 Å². The van der Waals surface area contributed by atoms with Crippen molar-refractivity contribution in [1.29, 1.82) is 0 Å². The lowest BCUT2D eigenvalue weighted by molar-refractivity contribution is 0.0665. The van der Waals surface area contributed by atoms with Crippen LogP contribution in [0.1, 0.15) is 91.4 Å². The summed E-state index contributed by atoms with van der Waals surface area (Å²) in [5.41, 5.74) is 0.398. The van der Waals surface area contributed by atoms with Crippen LogP contribution in [0.15, 0.2) is 0 Å². The molecule has 0 N–H and O–H groups in total. The molecule has 130 valence electrons. The highest BCUT2D eigenvalue weighted by molar-refractivity contribution is 6.41. The Morgan fingerprint density at radius 2 is 1.39 bits per heavy atom. The Kier molecular flexibility index (Phi) is 8.91. The second kappa shape index (κ2) is 9.64. The van der Waals surface area contributed by atoms with Crippen LogP contribution in [0.25, 0.3) is 0 Å². The molecule has 1 rings (SSSR count). The predicted molar refractivity (Wildman–Crippen MR) is 117 cm³/mol. The summed E-state index contributed by atoms with van der Waals surface area (Å²) in [7, 11) is 9.92.